The van der Waals surface area contributed by atoms with Gasteiger partial charge in [0, 0.05) is 28.1 Å². The van der Waals surface area contributed by atoms with Crippen molar-refractivity contribution in [1.82, 2.24) is 4.57 Å². The van der Waals surface area contributed by atoms with E-state index in [0.29, 0.717) is 0 Å². The first kappa shape index (κ1) is 9.43. The second-order valence-electron chi connectivity index (χ2n) is 4.15. The molecule has 0 saturated carbocycles. The van der Waals surface area contributed by atoms with Gasteiger partial charge in [-0.15, -0.1) is 0 Å². The van der Waals surface area contributed by atoms with Crippen molar-refractivity contribution >= 4 is 26.8 Å². The summed E-state index contributed by atoms with van der Waals surface area (Å²) in [6.45, 7) is 1.09. The fourth-order valence-electron chi connectivity index (χ4n) is 2.46. The van der Waals surface area contributed by atoms with Gasteiger partial charge in [0.15, 0.2) is 0 Å². The van der Waals surface area contributed by atoms with Crippen LogP contribution < -0.4 is 5.73 Å². The van der Waals surface area contributed by atoms with E-state index in [1.165, 1.54) is 27.5 Å². The number of aromatic nitrogens is 1. The second kappa shape index (κ2) is 3.35. The first-order chi connectivity index (χ1) is 7.27. The molecule has 2 aromatic rings. The second-order valence-corrected chi connectivity index (χ2v) is 5.00. The van der Waals surface area contributed by atoms with Crippen LogP contribution in [-0.4, -0.2) is 4.57 Å². The Morgan fingerprint density at radius 2 is 2.27 bits per heavy atom. The van der Waals surface area contributed by atoms with E-state index in [0.717, 1.165) is 13.0 Å². The average Bonchev–Trinajstić information content (AvgIpc) is 2.59. The zero-order valence-corrected chi connectivity index (χ0v) is 10.00. The molecule has 1 aliphatic heterocycles. The molecule has 1 atom stereocenters. The lowest BCUT2D eigenvalue weighted by molar-refractivity contribution is 0.471. The molecular formula is C12H13BrN2. The number of rotatable bonds is 0. The number of hydrogen-bond acceptors (Lipinski definition) is 1. The van der Waals surface area contributed by atoms with E-state index < -0.39 is 0 Å². The number of benzene rings is 1. The van der Waals surface area contributed by atoms with Gasteiger partial charge in [-0.05, 0) is 40.9 Å². The third kappa shape index (κ3) is 1.34. The van der Waals surface area contributed by atoms with Gasteiger partial charge in [0.2, 0.25) is 0 Å². The normalized spacial score (nSPS) is 20.5. The molecule has 0 bridgehead atoms. The molecule has 2 nitrogen and oxygen atoms in total. The maximum atomic E-state index is 6.12. The van der Waals surface area contributed by atoms with Crippen molar-refractivity contribution in [2.24, 2.45) is 5.73 Å². The Morgan fingerprint density at radius 3 is 3.13 bits per heavy atom. The van der Waals surface area contributed by atoms with E-state index in [9.17, 15) is 0 Å². The van der Waals surface area contributed by atoms with Gasteiger partial charge in [0.25, 0.3) is 0 Å². The third-order valence-corrected chi connectivity index (χ3v) is 3.82. The van der Waals surface area contributed by atoms with Crippen LogP contribution in [0, 0.1) is 0 Å². The lowest BCUT2D eigenvalue weighted by Crippen LogP contribution is -2.20. The van der Waals surface area contributed by atoms with Gasteiger partial charge in [0.05, 0.1) is 5.52 Å². The fraction of sp³-hybridized carbons (Fsp3) is 0.333. The quantitative estimate of drug-likeness (QED) is 0.779. The fourth-order valence-corrected chi connectivity index (χ4v) is 3.06. The molecule has 0 spiro atoms. The minimum atomic E-state index is 0.207. The van der Waals surface area contributed by atoms with E-state index in [1.807, 2.05) is 0 Å². The molecular weight excluding hydrogens is 252 g/mol. The van der Waals surface area contributed by atoms with E-state index >= 15 is 0 Å². The number of fused-ring (bicyclic) bond motifs is 3. The van der Waals surface area contributed by atoms with Crippen LogP contribution in [0.4, 0.5) is 0 Å². The van der Waals surface area contributed by atoms with E-state index in [1.54, 1.807) is 0 Å². The van der Waals surface area contributed by atoms with E-state index in [2.05, 4.69) is 44.8 Å². The minimum absolute atomic E-state index is 0.207. The SMILES string of the molecule is NC1CCCn2c1cc1cccc(Br)c12. The molecule has 0 radical (unpaired) electrons. The summed E-state index contributed by atoms with van der Waals surface area (Å²) >= 11 is 3.61. The van der Waals surface area contributed by atoms with Gasteiger partial charge in [-0.2, -0.15) is 0 Å². The van der Waals surface area contributed by atoms with Crippen molar-refractivity contribution in [3.63, 3.8) is 0 Å². The van der Waals surface area contributed by atoms with E-state index in [-0.39, 0.29) is 6.04 Å². The maximum Gasteiger partial charge on any atom is 0.0627 e. The summed E-state index contributed by atoms with van der Waals surface area (Å²) in [5.41, 5.74) is 8.70. The zero-order valence-electron chi connectivity index (χ0n) is 8.41. The summed E-state index contributed by atoms with van der Waals surface area (Å²) in [5.74, 6) is 0. The summed E-state index contributed by atoms with van der Waals surface area (Å²) in [7, 11) is 0. The van der Waals surface area contributed by atoms with Crippen LogP contribution in [-0.2, 0) is 6.54 Å². The minimum Gasteiger partial charge on any atom is -0.342 e. The number of para-hydroxylation sites is 1. The standard InChI is InChI=1S/C12H13BrN2/c13-9-4-1-3-8-7-11-10(14)5-2-6-15(11)12(8)9/h1,3-4,7,10H,2,5-6,14H2. The van der Waals surface area contributed by atoms with Crippen molar-refractivity contribution < 1.29 is 0 Å². The largest absolute Gasteiger partial charge is 0.342 e. The molecule has 1 aliphatic rings. The zero-order chi connectivity index (χ0) is 10.4. The Bertz CT molecular complexity index is 516. The molecule has 0 aliphatic carbocycles. The van der Waals surface area contributed by atoms with Crippen molar-refractivity contribution in [2.75, 3.05) is 0 Å². The van der Waals surface area contributed by atoms with Gasteiger partial charge in [0.1, 0.15) is 0 Å². The van der Waals surface area contributed by atoms with Gasteiger partial charge in [-0.25, -0.2) is 0 Å². The highest BCUT2D eigenvalue weighted by Gasteiger charge is 2.20. The molecule has 1 aromatic carbocycles. The van der Waals surface area contributed by atoms with Crippen molar-refractivity contribution in [1.29, 1.82) is 0 Å². The molecule has 2 heterocycles. The van der Waals surface area contributed by atoms with Gasteiger partial charge >= 0.3 is 0 Å². The predicted octanol–water partition coefficient (Wildman–Crippen LogP) is 3.20. The topological polar surface area (TPSA) is 30.9 Å². The summed E-state index contributed by atoms with van der Waals surface area (Å²) in [6.07, 6.45) is 2.28. The van der Waals surface area contributed by atoms with Gasteiger partial charge in [-0.1, -0.05) is 12.1 Å². The molecule has 1 unspecified atom stereocenters. The predicted molar refractivity (Wildman–Crippen MR) is 65.8 cm³/mol. The first-order valence-corrected chi connectivity index (χ1v) is 6.10. The van der Waals surface area contributed by atoms with Crippen LogP contribution in [0.25, 0.3) is 10.9 Å². The van der Waals surface area contributed by atoms with Crippen LogP contribution in [0.15, 0.2) is 28.7 Å². The monoisotopic (exact) mass is 264 g/mol. The summed E-state index contributed by atoms with van der Waals surface area (Å²) < 4.78 is 3.52. The Labute approximate surface area is 97.2 Å². The summed E-state index contributed by atoms with van der Waals surface area (Å²) in [4.78, 5) is 0. The lowest BCUT2D eigenvalue weighted by Gasteiger charge is -2.22. The van der Waals surface area contributed by atoms with Crippen LogP contribution >= 0.6 is 15.9 Å². The highest BCUT2D eigenvalue weighted by Crippen LogP contribution is 2.33. The van der Waals surface area contributed by atoms with Gasteiger partial charge in [-0.3, -0.25) is 0 Å². The van der Waals surface area contributed by atoms with Crippen molar-refractivity contribution in [2.45, 2.75) is 25.4 Å². The third-order valence-electron chi connectivity index (χ3n) is 3.18. The highest BCUT2D eigenvalue weighted by atomic mass is 79.9. The Morgan fingerprint density at radius 1 is 1.40 bits per heavy atom. The number of aryl methyl sites for hydroxylation is 1. The Balaban J connectivity index is 2.36. The molecule has 1 aromatic heterocycles. The first-order valence-electron chi connectivity index (χ1n) is 5.30. The molecule has 3 heteroatoms. The van der Waals surface area contributed by atoms with Crippen molar-refractivity contribution in [3.8, 4) is 0 Å². The van der Waals surface area contributed by atoms with Crippen molar-refractivity contribution in [3.05, 3.63) is 34.4 Å². The summed E-state index contributed by atoms with van der Waals surface area (Å²) in [6, 6.07) is 8.75. The molecule has 2 N–H and O–H groups in total. The highest BCUT2D eigenvalue weighted by molar-refractivity contribution is 9.10. The van der Waals surface area contributed by atoms with Crippen LogP contribution in [0.5, 0.6) is 0 Å². The molecule has 0 saturated heterocycles. The average molecular weight is 265 g/mol. The summed E-state index contributed by atoms with van der Waals surface area (Å²) in [5, 5.41) is 1.29. The molecule has 78 valence electrons. The number of nitrogens with two attached hydrogens (primary N) is 1. The maximum absolute atomic E-state index is 6.12. The van der Waals surface area contributed by atoms with Gasteiger partial charge < -0.3 is 10.3 Å². The van der Waals surface area contributed by atoms with Crippen LogP contribution in [0.3, 0.4) is 0 Å². The Hall–Kier alpha value is -0.800. The number of hydrogen-bond donors (Lipinski definition) is 1. The molecule has 3 rings (SSSR count). The molecule has 15 heavy (non-hydrogen) atoms. The lowest BCUT2D eigenvalue weighted by atomic mass is 10.1. The molecule has 0 fully saturated rings. The molecule has 0 amide bonds. The smallest absolute Gasteiger partial charge is 0.0627 e. The van der Waals surface area contributed by atoms with Crippen LogP contribution in [0.2, 0.25) is 0 Å². The van der Waals surface area contributed by atoms with Crippen LogP contribution in [0.1, 0.15) is 24.6 Å². The number of nitrogens with zero attached hydrogens (tertiary/aromatic N) is 1. The van der Waals surface area contributed by atoms with E-state index in [4.69, 9.17) is 5.73 Å². The number of halogens is 1. The Kier molecular flexibility index (Phi) is 2.11.